The van der Waals surface area contributed by atoms with Gasteiger partial charge in [0.2, 0.25) is 5.91 Å². The zero-order chi connectivity index (χ0) is 19.4. The van der Waals surface area contributed by atoms with Gasteiger partial charge in [-0.25, -0.2) is 0 Å². The van der Waals surface area contributed by atoms with Crippen molar-refractivity contribution in [2.75, 3.05) is 40.4 Å². The number of hydrogen-bond donors (Lipinski definition) is 1. The van der Waals surface area contributed by atoms with E-state index in [1.165, 1.54) is 0 Å². The van der Waals surface area contributed by atoms with Crippen LogP contribution in [0.1, 0.15) is 36.0 Å². The molecule has 1 heterocycles. The van der Waals surface area contributed by atoms with Gasteiger partial charge in [0.15, 0.2) is 11.5 Å². The van der Waals surface area contributed by atoms with Crippen molar-refractivity contribution < 1.29 is 19.1 Å². The molecular weight excluding hydrogens is 346 g/mol. The van der Waals surface area contributed by atoms with Gasteiger partial charge in [-0.2, -0.15) is 0 Å². The van der Waals surface area contributed by atoms with E-state index in [0.29, 0.717) is 55.6 Å². The number of amides is 2. The Hall–Kier alpha value is -2.28. The van der Waals surface area contributed by atoms with Crippen LogP contribution in [0.3, 0.4) is 0 Å². The Balaban J connectivity index is 1.55. The van der Waals surface area contributed by atoms with Gasteiger partial charge in [0.05, 0.1) is 14.2 Å². The van der Waals surface area contributed by atoms with Crippen molar-refractivity contribution in [1.29, 1.82) is 0 Å². The van der Waals surface area contributed by atoms with Gasteiger partial charge >= 0.3 is 0 Å². The van der Waals surface area contributed by atoms with Crippen LogP contribution < -0.4 is 15.2 Å². The van der Waals surface area contributed by atoms with Crippen molar-refractivity contribution in [3.63, 3.8) is 0 Å². The molecule has 27 heavy (non-hydrogen) atoms. The molecule has 2 atom stereocenters. The lowest BCUT2D eigenvalue weighted by molar-refractivity contribution is -0.133. The van der Waals surface area contributed by atoms with Gasteiger partial charge in [0.25, 0.3) is 5.91 Å². The Bertz CT molecular complexity index is 686. The van der Waals surface area contributed by atoms with Crippen LogP contribution in [0.25, 0.3) is 0 Å². The maximum Gasteiger partial charge on any atom is 0.254 e. The number of carbonyl (C=O) groups is 2. The molecule has 1 aromatic carbocycles. The number of carbonyl (C=O) groups excluding carboxylic acids is 2. The summed E-state index contributed by atoms with van der Waals surface area (Å²) in [4.78, 5) is 29.0. The van der Waals surface area contributed by atoms with E-state index in [-0.39, 0.29) is 17.9 Å². The molecule has 0 unspecified atom stereocenters. The summed E-state index contributed by atoms with van der Waals surface area (Å²) in [6, 6.07) is 5.32. The number of ether oxygens (including phenoxy) is 2. The van der Waals surface area contributed by atoms with E-state index in [4.69, 9.17) is 15.2 Å². The van der Waals surface area contributed by atoms with Crippen molar-refractivity contribution in [3.05, 3.63) is 23.8 Å². The molecule has 0 aromatic heterocycles. The van der Waals surface area contributed by atoms with Gasteiger partial charge in [-0.05, 0) is 37.0 Å². The molecule has 2 fully saturated rings. The van der Waals surface area contributed by atoms with Crippen LogP contribution in [0.2, 0.25) is 0 Å². The summed E-state index contributed by atoms with van der Waals surface area (Å²) in [5.41, 5.74) is 6.64. The Labute approximate surface area is 160 Å². The summed E-state index contributed by atoms with van der Waals surface area (Å²) in [6.07, 6.45) is 3.72. The average molecular weight is 375 g/mol. The normalized spacial score (nSPS) is 22.6. The van der Waals surface area contributed by atoms with Crippen molar-refractivity contribution >= 4 is 11.8 Å². The third kappa shape index (κ3) is 4.35. The quantitative estimate of drug-likeness (QED) is 0.843. The predicted octanol–water partition coefficient (Wildman–Crippen LogP) is 1.51. The highest BCUT2D eigenvalue weighted by atomic mass is 16.5. The second kappa shape index (κ2) is 8.61. The van der Waals surface area contributed by atoms with Gasteiger partial charge in [0.1, 0.15) is 0 Å². The standard InChI is InChI=1S/C20H29N3O4/c1-26-17-7-6-15(12-18(17)27-2)20(25)23-10-8-22(9-11-23)19(24)13-14-4-3-5-16(14)21/h6-7,12,14,16H,3-5,8-11,13,21H2,1-2H3/t14-,16+/m0/s1. The third-order valence-electron chi connectivity index (χ3n) is 5.70. The molecule has 2 amide bonds. The third-order valence-corrected chi connectivity index (χ3v) is 5.70. The van der Waals surface area contributed by atoms with Crippen LogP contribution in [0.5, 0.6) is 11.5 Å². The highest BCUT2D eigenvalue weighted by Crippen LogP contribution is 2.29. The largest absolute Gasteiger partial charge is 0.493 e. The van der Waals surface area contributed by atoms with Crippen LogP contribution in [-0.2, 0) is 4.79 Å². The smallest absolute Gasteiger partial charge is 0.254 e. The number of methoxy groups -OCH3 is 2. The predicted molar refractivity (Wildman–Crippen MR) is 102 cm³/mol. The number of piperazine rings is 1. The van der Waals surface area contributed by atoms with Crippen molar-refractivity contribution in [2.24, 2.45) is 11.7 Å². The van der Waals surface area contributed by atoms with E-state index >= 15 is 0 Å². The first-order valence-corrected chi connectivity index (χ1v) is 9.58. The molecule has 1 aromatic rings. The number of hydrogen-bond acceptors (Lipinski definition) is 5. The first-order valence-electron chi connectivity index (χ1n) is 9.58. The summed E-state index contributed by atoms with van der Waals surface area (Å²) >= 11 is 0. The number of rotatable bonds is 5. The van der Waals surface area contributed by atoms with E-state index in [2.05, 4.69) is 0 Å². The Morgan fingerprint density at radius 3 is 2.30 bits per heavy atom. The summed E-state index contributed by atoms with van der Waals surface area (Å²) in [5, 5.41) is 0. The van der Waals surface area contributed by atoms with Crippen LogP contribution >= 0.6 is 0 Å². The van der Waals surface area contributed by atoms with Gasteiger partial charge < -0.3 is 25.0 Å². The number of nitrogens with two attached hydrogens (primary N) is 1. The fourth-order valence-electron chi connectivity index (χ4n) is 3.98. The average Bonchev–Trinajstić information content (AvgIpc) is 3.11. The summed E-state index contributed by atoms with van der Waals surface area (Å²) in [6.45, 7) is 2.21. The van der Waals surface area contributed by atoms with Crippen molar-refractivity contribution in [1.82, 2.24) is 9.80 Å². The molecule has 7 nitrogen and oxygen atoms in total. The maximum absolute atomic E-state index is 12.8. The SMILES string of the molecule is COc1ccc(C(=O)N2CCN(C(=O)C[C@@H]3CCC[C@H]3N)CC2)cc1OC. The van der Waals surface area contributed by atoms with Crippen molar-refractivity contribution in [3.8, 4) is 11.5 Å². The topological polar surface area (TPSA) is 85.1 Å². The zero-order valence-electron chi connectivity index (χ0n) is 16.1. The molecular formula is C20H29N3O4. The molecule has 1 aliphatic heterocycles. The monoisotopic (exact) mass is 375 g/mol. The lowest BCUT2D eigenvalue weighted by Gasteiger charge is -2.35. The lowest BCUT2D eigenvalue weighted by Crippen LogP contribution is -2.51. The molecule has 0 radical (unpaired) electrons. The molecule has 1 saturated heterocycles. The van der Waals surface area contributed by atoms with Crippen LogP contribution in [0, 0.1) is 5.92 Å². The van der Waals surface area contributed by atoms with Gasteiger partial charge in [-0.3, -0.25) is 9.59 Å². The van der Waals surface area contributed by atoms with E-state index < -0.39 is 0 Å². The minimum absolute atomic E-state index is 0.0548. The van der Waals surface area contributed by atoms with E-state index in [1.54, 1.807) is 37.3 Å². The van der Waals surface area contributed by atoms with E-state index in [1.807, 2.05) is 4.90 Å². The zero-order valence-corrected chi connectivity index (χ0v) is 16.1. The number of benzene rings is 1. The molecule has 7 heteroatoms. The van der Waals surface area contributed by atoms with Crippen molar-refractivity contribution in [2.45, 2.75) is 31.7 Å². The minimum Gasteiger partial charge on any atom is -0.493 e. The van der Waals surface area contributed by atoms with E-state index in [9.17, 15) is 9.59 Å². The molecule has 0 bridgehead atoms. The molecule has 1 saturated carbocycles. The molecule has 2 aliphatic rings. The first kappa shape index (κ1) is 19.5. The van der Waals surface area contributed by atoms with Gasteiger partial charge in [-0.15, -0.1) is 0 Å². The maximum atomic E-state index is 12.8. The Morgan fingerprint density at radius 2 is 1.70 bits per heavy atom. The molecule has 2 N–H and O–H groups in total. The fourth-order valence-corrected chi connectivity index (χ4v) is 3.98. The number of nitrogens with zero attached hydrogens (tertiary/aromatic N) is 2. The Kier molecular flexibility index (Phi) is 6.21. The molecule has 148 valence electrons. The first-order chi connectivity index (χ1) is 13.0. The second-order valence-electron chi connectivity index (χ2n) is 7.30. The van der Waals surface area contributed by atoms with Crippen LogP contribution in [-0.4, -0.2) is 68.1 Å². The summed E-state index contributed by atoms with van der Waals surface area (Å²) in [7, 11) is 3.11. The Morgan fingerprint density at radius 1 is 1.04 bits per heavy atom. The van der Waals surface area contributed by atoms with Crippen LogP contribution in [0.4, 0.5) is 0 Å². The summed E-state index contributed by atoms with van der Waals surface area (Å²) < 4.78 is 10.5. The minimum atomic E-state index is -0.0548. The second-order valence-corrected chi connectivity index (χ2v) is 7.30. The highest BCUT2D eigenvalue weighted by molar-refractivity contribution is 5.95. The molecule has 1 aliphatic carbocycles. The molecule has 3 rings (SSSR count). The fraction of sp³-hybridized carbons (Fsp3) is 0.600. The lowest BCUT2D eigenvalue weighted by atomic mass is 9.99. The highest BCUT2D eigenvalue weighted by Gasteiger charge is 2.30. The summed E-state index contributed by atoms with van der Waals surface area (Å²) in [5.74, 6) is 1.54. The molecule has 0 spiro atoms. The van der Waals surface area contributed by atoms with Gasteiger partial charge in [0, 0.05) is 44.2 Å². The van der Waals surface area contributed by atoms with E-state index in [0.717, 1.165) is 19.3 Å². The van der Waals surface area contributed by atoms with Crippen LogP contribution in [0.15, 0.2) is 18.2 Å². The van der Waals surface area contributed by atoms with Gasteiger partial charge in [-0.1, -0.05) is 6.42 Å².